The second kappa shape index (κ2) is 7.07. The van der Waals surface area contributed by atoms with E-state index in [0.29, 0.717) is 5.69 Å². The normalized spacial score (nSPS) is 9.96. The lowest BCUT2D eigenvalue weighted by atomic mass is 10.2. The van der Waals surface area contributed by atoms with Crippen molar-refractivity contribution in [1.29, 1.82) is 5.26 Å². The number of hydrogen-bond acceptors (Lipinski definition) is 6. The minimum Gasteiger partial charge on any atom is -0.444 e. The van der Waals surface area contributed by atoms with Crippen molar-refractivity contribution in [3.63, 3.8) is 0 Å². The molecule has 0 atom stereocenters. The van der Waals surface area contributed by atoms with E-state index in [0.717, 1.165) is 5.56 Å². The molecule has 1 N–H and O–H groups in total. The van der Waals surface area contributed by atoms with Gasteiger partial charge in [0.1, 0.15) is 18.4 Å². The Morgan fingerprint density at radius 2 is 2.00 bits per heavy atom. The van der Waals surface area contributed by atoms with Gasteiger partial charge in [-0.2, -0.15) is 10.2 Å². The number of oxazole rings is 1. The SMILES string of the molecule is N#Cc1nc(-c2ccccn2)oc1NC(=O)OCc1ccccc1. The summed E-state index contributed by atoms with van der Waals surface area (Å²) >= 11 is 0. The third-order valence-corrected chi connectivity index (χ3v) is 3.05. The Bertz CT molecular complexity index is 870. The van der Waals surface area contributed by atoms with Gasteiger partial charge in [-0.1, -0.05) is 36.4 Å². The van der Waals surface area contributed by atoms with Gasteiger partial charge in [0.15, 0.2) is 0 Å². The van der Waals surface area contributed by atoms with E-state index in [9.17, 15) is 4.79 Å². The van der Waals surface area contributed by atoms with Gasteiger partial charge < -0.3 is 9.15 Å². The quantitative estimate of drug-likeness (QED) is 0.791. The average Bonchev–Trinajstić information content (AvgIpc) is 3.04. The molecule has 0 aliphatic rings. The molecule has 1 amide bonds. The predicted molar refractivity (Wildman–Crippen MR) is 84.7 cm³/mol. The van der Waals surface area contributed by atoms with Crippen LogP contribution in [0.5, 0.6) is 0 Å². The lowest BCUT2D eigenvalue weighted by molar-refractivity contribution is 0.154. The first kappa shape index (κ1) is 15.2. The second-order valence-electron chi connectivity index (χ2n) is 4.71. The van der Waals surface area contributed by atoms with E-state index in [1.54, 1.807) is 24.4 Å². The second-order valence-corrected chi connectivity index (χ2v) is 4.71. The molecule has 0 aliphatic carbocycles. The maximum Gasteiger partial charge on any atom is 0.414 e. The van der Waals surface area contributed by atoms with E-state index >= 15 is 0 Å². The number of amides is 1. The molecule has 0 aliphatic heterocycles. The predicted octanol–water partition coefficient (Wildman–Crippen LogP) is 3.36. The van der Waals surface area contributed by atoms with Crippen LogP contribution >= 0.6 is 0 Å². The minimum absolute atomic E-state index is 0.0488. The third kappa shape index (κ3) is 3.56. The van der Waals surface area contributed by atoms with E-state index in [-0.39, 0.29) is 24.1 Å². The van der Waals surface area contributed by atoms with E-state index in [1.807, 2.05) is 36.4 Å². The zero-order chi connectivity index (χ0) is 16.8. The van der Waals surface area contributed by atoms with Crippen LogP contribution in [-0.2, 0) is 11.3 Å². The number of carbonyl (C=O) groups is 1. The van der Waals surface area contributed by atoms with Crippen LogP contribution in [-0.4, -0.2) is 16.1 Å². The highest BCUT2D eigenvalue weighted by atomic mass is 16.6. The number of anilines is 1. The van der Waals surface area contributed by atoms with Gasteiger partial charge in [-0.25, -0.2) is 4.79 Å². The lowest BCUT2D eigenvalue weighted by Crippen LogP contribution is -2.13. The van der Waals surface area contributed by atoms with Crippen LogP contribution in [0, 0.1) is 11.3 Å². The Morgan fingerprint density at radius 3 is 2.71 bits per heavy atom. The summed E-state index contributed by atoms with van der Waals surface area (Å²) in [5.41, 5.74) is 1.26. The lowest BCUT2D eigenvalue weighted by Gasteiger charge is -2.04. The van der Waals surface area contributed by atoms with E-state index in [4.69, 9.17) is 14.4 Å². The fraction of sp³-hybridized carbons (Fsp3) is 0.0588. The number of benzene rings is 1. The van der Waals surface area contributed by atoms with Gasteiger partial charge in [-0.05, 0) is 17.7 Å². The van der Waals surface area contributed by atoms with E-state index in [2.05, 4.69) is 15.3 Å². The minimum atomic E-state index is -0.737. The van der Waals surface area contributed by atoms with Gasteiger partial charge in [-0.3, -0.25) is 10.3 Å². The standard InChI is InChI=1S/C17H12N4O3/c18-10-14-16(24-15(20-14)13-8-4-5-9-19-13)21-17(22)23-11-12-6-2-1-3-7-12/h1-9H,11H2,(H,21,22). The van der Waals surface area contributed by atoms with Crippen molar-refractivity contribution in [2.45, 2.75) is 6.61 Å². The van der Waals surface area contributed by atoms with Gasteiger partial charge in [0.25, 0.3) is 0 Å². The molecule has 2 aromatic heterocycles. The molecule has 7 nitrogen and oxygen atoms in total. The first-order chi connectivity index (χ1) is 11.8. The Labute approximate surface area is 137 Å². The highest BCUT2D eigenvalue weighted by Crippen LogP contribution is 2.23. The molecule has 0 radical (unpaired) electrons. The van der Waals surface area contributed by atoms with Crippen molar-refractivity contribution in [2.24, 2.45) is 0 Å². The number of nitriles is 1. The van der Waals surface area contributed by atoms with Crippen molar-refractivity contribution in [1.82, 2.24) is 9.97 Å². The van der Waals surface area contributed by atoms with Gasteiger partial charge in [0.05, 0.1) is 0 Å². The summed E-state index contributed by atoms with van der Waals surface area (Å²) in [5.74, 6) is 0.0710. The summed E-state index contributed by atoms with van der Waals surface area (Å²) in [4.78, 5) is 19.9. The molecule has 0 unspecified atom stereocenters. The van der Waals surface area contributed by atoms with Gasteiger partial charge >= 0.3 is 6.09 Å². The van der Waals surface area contributed by atoms with Gasteiger partial charge in [0, 0.05) is 6.20 Å². The molecular formula is C17H12N4O3. The van der Waals surface area contributed by atoms with Crippen LogP contribution in [0.3, 0.4) is 0 Å². The molecule has 1 aromatic carbocycles. The van der Waals surface area contributed by atoms with Crippen molar-refractivity contribution < 1.29 is 13.9 Å². The number of aromatic nitrogens is 2. The van der Waals surface area contributed by atoms with Crippen LogP contribution in [0.4, 0.5) is 10.7 Å². The zero-order valence-electron chi connectivity index (χ0n) is 12.5. The Morgan fingerprint density at radius 1 is 1.21 bits per heavy atom. The molecule has 3 aromatic rings. The van der Waals surface area contributed by atoms with Crippen LogP contribution < -0.4 is 5.32 Å². The van der Waals surface area contributed by atoms with Gasteiger partial charge in [0.2, 0.25) is 17.5 Å². The summed E-state index contributed by atoms with van der Waals surface area (Å²) in [7, 11) is 0. The fourth-order valence-electron chi connectivity index (χ4n) is 1.93. The molecule has 0 saturated heterocycles. The molecule has 0 saturated carbocycles. The summed E-state index contributed by atoms with van der Waals surface area (Å²) < 4.78 is 10.5. The maximum atomic E-state index is 11.9. The molecule has 0 fully saturated rings. The number of rotatable bonds is 4. The van der Waals surface area contributed by atoms with E-state index < -0.39 is 6.09 Å². The van der Waals surface area contributed by atoms with Crippen LogP contribution in [0.15, 0.2) is 59.1 Å². The topological polar surface area (TPSA) is 101 Å². The van der Waals surface area contributed by atoms with Crippen LogP contribution in [0.2, 0.25) is 0 Å². The largest absolute Gasteiger partial charge is 0.444 e. The number of ether oxygens (including phenoxy) is 1. The highest BCUT2D eigenvalue weighted by molar-refractivity contribution is 5.84. The van der Waals surface area contributed by atoms with Crippen molar-refractivity contribution >= 4 is 12.0 Å². The van der Waals surface area contributed by atoms with Crippen LogP contribution in [0.1, 0.15) is 11.3 Å². The number of nitrogens with one attached hydrogen (secondary N) is 1. The van der Waals surface area contributed by atoms with Crippen molar-refractivity contribution in [3.05, 3.63) is 66.0 Å². The Kier molecular flexibility index (Phi) is 4.49. The third-order valence-electron chi connectivity index (χ3n) is 3.05. The molecule has 24 heavy (non-hydrogen) atoms. The Hall–Kier alpha value is -3.66. The molecule has 2 heterocycles. The summed E-state index contributed by atoms with van der Waals surface area (Å²) in [5, 5.41) is 11.5. The molecule has 118 valence electrons. The van der Waals surface area contributed by atoms with E-state index in [1.165, 1.54) is 0 Å². The fourth-order valence-corrected chi connectivity index (χ4v) is 1.93. The van der Waals surface area contributed by atoms with Crippen molar-refractivity contribution in [3.8, 4) is 17.7 Å². The summed E-state index contributed by atoms with van der Waals surface area (Å²) in [6.07, 6.45) is 0.839. The van der Waals surface area contributed by atoms with Gasteiger partial charge in [-0.15, -0.1) is 0 Å². The average molecular weight is 320 g/mol. The zero-order valence-corrected chi connectivity index (χ0v) is 12.5. The molecule has 0 spiro atoms. The maximum absolute atomic E-state index is 11.9. The summed E-state index contributed by atoms with van der Waals surface area (Å²) in [6, 6.07) is 16.3. The highest BCUT2D eigenvalue weighted by Gasteiger charge is 2.18. The first-order valence-electron chi connectivity index (χ1n) is 7.06. The van der Waals surface area contributed by atoms with Crippen molar-refractivity contribution in [2.75, 3.05) is 5.32 Å². The van der Waals surface area contributed by atoms with Crippen LogP contribution in [0.25, 0.3) is 11.6 Å². The Balaban J connectivity index is 1.69. The smallest absolute Gasteiger partial charge is 0.414 e. The molecular weight excluding hydrogens is 308 g/mol. The summed E-state index contributed by atoms with van der Waals surface area (Å²) in [6.45, 7) is 0.107. The number of carbonyl (C=O) groups excluding carboxylic acids is 1. The molecule has 0 bridgehead atoms. The number of hydrogen-bond donors (Lipinski definition) is 1. The monoisotopic (exact) mass is 320 g/mol. The number of nitrogens with zero attached hydrogens (tertiary/aromatic N) is 3. The first-order valence-corrected chi connectivity index (χ1v) is 7.06. The molecule has 7 heteroatoms. The molecule has 3 rings (SSSR count). The number of pyridine rings is 1.